The summed E-state index contributed by atoms with van der Waals surface area (Å²) in [6.07, 6.45) is 0.457. The number of benzene rings is 1. The molecule has 0 radical (unpaired) electrons. The number of nitrogens with two attached hydrogens (primary N) is 1. The van der Waals surface area contributed by atoms with E-state index in [1.165, 1.54) is 0 Å². The molecule has 1 amide bonds. The quantitative estimate of drug-likeness (QED) is 0.867. The Bertz CT molecular complexity index is 476. The Balaban J connectivity index is 2.16. The van der Waals surface area contributed by atoms with Crippen molar-refractivity contribution in [2.75, 3.05) is 34.3 Å². The minimum absolute atomic E-state index is 0.0318. The first-order chi connectivity index (χ1) is 9.51. The molecule has 5 heteroatoms. The second-order valence-corrected chi connectivity index (χ2v) is 5.52. The molecule has 2 atom stereocenters. The number of carbonyl (C=O) groups is 1. The molecule has 20 heavy (non-hydrogen) atoms. The standard InChI is InChI=1S/C15H23N3O2/c1-17(2)14(10-18-9-12(16)8-15(18)19)11-5-4-6-13(7-11)20-3/h4-7,12,14H,8-10,16H2,1-3H3. The van der Waals surface area contributed by atoms with Crippen molar-refractivity contribution in [2.45, 2.75) is 18.5 Å². The molecule has 0 saturated carbocycles. The van der Waals surface area contributed by atoms with Crippen LogP contribution >= 0.6 is 0 Å². The highest BCUT2D eigenvalue weighted by Gasteiger charge is 2.29. The van der Waals surface area contributed by atoms with E-state index in [9.17, 15) is 4.79 Å². The van der Waals surface area contributed by atoms with Crippen LogP contribution in [0.2, 0.25) is 0 Å². The van der Waals surface area contributed by atoms with Gasteiger partial charge in [0.05, 0.1) is 13.2 Å². The van der Waals surface area contributed by atoms with Crippen LogP contribution in [-0.2, 0) is 4.79 Å². The molecule has 0 spiro atoms. The first kappa shape index (κ1) is 14.8. The SMILES string of the molecule is COc1cccc(C(CN2CC(N)CC2=O)N(C)C)c1. The van der Waals surface area contributed by atoms with E-state index in [1.807, 2.05) is 37.2 Å². The van der Waals surface area contributed by atoms with Crippen LogP contribution in [0.4, 0.5) is 0 Å². The van der Waals surface area contributed by atoms with Gasteiger partial charge in [0.15, 0.2) is 0 Å². The number of carbonyl (C=O) groups excluding carboxylic acids is 1. The molecule has 1 heterocycles. The molecule has 1 fully saturated rings. The summed E-state index contributed by atoms with van der Waals surface area (Å²) >= 11 is 0. The minimum Gasteiger partial charge on any atom is -0.497 e. The first-order valence-electron chi connectivity index (χ1n) is 6.85. The summed E-state index contributed by atoms with van der Waals surface area (Å²) in [6.45, 7) is 1.31. The summed E-state index contributed by atoms with van der Waals surface area (Å²) in [6, 6.07) is 8.09. The molecular formula is C15H23N3O2. The number of hydrogen-bond acceptors (Lipinski definition) is 4. The zero-order chi connectivity index (χ0) is 14.7. The second kappa shape index (κ2) is 6.24. The molecule has 0 aromatic heterocycles. The Labute approximate surface area is 120 Å². The van der Waals surface area contributed by atoms with Gasteiger partial charge in [0, 0.05) is 25.6 Å². The highest BCUT2D eigenvalue weighted by molar-refractivity contribution is 5.79. The predicted octanol–water partition coefficient (Wildman–Crippen LogP) is 0.858. The van der Waals surface area contributed by atoms with Gasteiger partial charge in [-0.05, 0) is 31.8 Å². The largest absolute Gasteiger partial charge is 0.497 e. The van der Waals surface area contributed by atoms with Gasteiger partial charge in [0.25, 0.3) is 0 Å². The van der Waals surface area contributed by atoms with Crippen molar-refractivity contribution in [2.24, 2.45) is 5.73 Å². The van der Waals surface area contributed by atoms with Crippen LogP contribution in [0.5, 0.6) is 5.75 Å². The fourth-order valence-electron chi connectivity index (χ4n) is 2.60. The van der Waals surface area contributed by atoms with E-state index in [0.717, 1.165) is 11.3 Å². The Hall–Kier alpha value is -1.59. The molecule has 1 aliphatic heterocycles. The third-order valence-corrected chi connectivity index (χ3v) is 3.74. The Morgan fingerprint density at radius 2 is 2.25 bits per heavy atom. The van der Waals surface area contributed by atoms with E-state index in [-0.39, 0.29) is 18.0 Å². The molecule has 0 bridgehead atoms. The molecule has 2 N–H and O–H groups in total. The van der Waals surface area contributed by atoms with Crippen molar-refractivity contribution in [3.05, 3.63) is 29.8 Å². The van der Waals surface area contributed by atoms with Gasteiger partial charge >= 0.3 is 0 Å². The van der Waals surface area contributed by atoms with Crippen molar-refractivity contribution in [1.29, 1.82) is 0 Å². The lowest BCUT2D eigenvalue weighted by Crippen LogP contribution is -2.36. The molecule has 110 valence electrons. The summed E-state index contributed by atoms with van der Waals surface area (Å²) in [5.41, 5.74) is 7.00. The second-order valence-electron chi connectivity index (χ2n) is 5.52. The van der Waals surface area contributed by atoms with Gasteiger partial charge in [-0.2, -0.15) is 0 Å². The van der Waals surface area contributed by atoms with Gasteiger partial charge in [-0.1, -0.05) is 12.1 Å². The molecule has 1 aromatic carbocycles. The number of methoxy groups -OCH3 is 1. The Morgan fingerprint density at radius 3 is 2.80 bits per heavy atom. The Morgan fingerprint density at radius 1 is 1.50 bits per heavy atom. The zero-order valence-corrected chi connectivity index (χ0v) is 12.4. The van der Waals surface area contributed by atoms with Gasteiger partial charge < -0.3 is 20.3 Å². The van der Waals surface area contributed by atoms with Crippen molar-refractivity contribution in [3.8, 4) is 5.75 Å². The zero-order valence-electron chi connectivity index (χ0n) is 12.4. The third-order valence-electron chi connectivity index (χ3n) is 3.74. The summed E-state index contributed by atoms with van der Waals surface area (Å²) in [5, 5.41) is 0. The maximum atomic E-state index is 11.9. The van der Waals surface area contributed by atoms with Crippen LogP contribution < -0.4 is 10.5 Å². The molecule has 1 aliphatic rings. The lowest BCUT2D eigenvalue weighted by atomic mass is 10.1. The smallest absolute Gasteiger partial charge is 0.224 e. The highest BCUT2D eigenvalue weighted by atomic mass is 16.5. The van der Waals surface area contributed by atoms with E-state index in [0.29, 0.717) is 19.5 Å². The van der Waals surface area contributed by atoms with E-state index in [4.69, 9.17) is 10.5 Å². The van der Waals surface area contributed by atoms with Crippen LogP contribution in [0, 0.1) is 0 Å². The lowest BCUT2D eigenvalue weighted by Gasteiger charge is -2.29. The number of rotatable bonds is 5. The van der Waals surface area contributed by atoms with Crippen molar-refractivity contribution in [1.82, 2.24) is 9.80 Å². The fourth-order valence-corrected chi connectivity index (χ4v) is 2.60. The van der Waals surface area contributed by atoms with Crippen molar-refractivity contribution >= 4 is 5.91 Å². The van der Waals surface area contributed by atoms with E-state index >= 15 is 0 Å². The summed E-state index contributed by atoms with van der Waals surface area (Å²) in [5.74, 6) is 0.978. The molecular weight excluding hydrogens is 254 g/mol. The third kappa shape index (κ3) is 3.29. The van der Waals surface area contributed by atoms with Gasteiger partial charge in [0.1, 0.15) is 5.75 Å². The molecule has 1 aromatic rings. The number of hydrogen-bond donors (Lipinski definition) is 1. The average molecular weight is 277 g/mol. The normalized spacial score (nSPS) is 20.6. The fraction of sp³-hybridized carbons (Fsp3) is 0.533. The van der Waals surface area contributed by atoms with Gasteiger partial charge in [-0.3, -0.25) is 4.79 Å². The lowest BCUT2D eigenvalue weighted by molar-refractivity contribution is -0.128. The van der Waals surface area contributed by atoms with Crippen LogP contribution in [0.1, 0.15) is 18.0 Å². The minimum atomic E-state index is -0.0318. The monoisotopic (exact) mass is 277 g/mol. The number of likely N-dealkylation sites (tertiary alicyclic amines) is 1. The van der Waals surface area contributed by atoms with Crippen molar-refractivity contribution < 1.29 is 9.53 Å². The van der Waals surface area contributed by atoms with Crippen LogP contribution in [0.25, 0.3) is 0 Å². The maximum absolute atomic E-state index is 11.9. The summed E-state index contributed by atoms with van der Waals surface area (Å²) in [7, 11) is 5.70. The molecule has 2 rings (SSSR count). The van der Waals surface area contributed by atoms with Gasteiger partial charge in [-0.15, -0.1) is 0 Å². The summed E-state index contributed by atoms with van der Waals surface area (Å²) in [4.78, 5) is 15.9. The Kier molecular flexibility index (Phi) is 4.62. The molecule has 2 unspecified atom stereocenters. The van der Waals surface area contributed by atoms with Crippen LogP contribution in [0.3, 0.4) is 0 Å². The van der Waals surface area contributed by atoms with E-state index in [1.54, 1.807) is 7.11 Å². The first-order valence-corrected chi connectivity index (χ1v) is 6.85. The van der Waals surface area contributed by atoms with Gasteiger partial charge in [0.2, 0.25) is 5.91 Å². The number of likely N-dealkylation sites (N-methyl/N-ethyl adjacent to an activating group) is 1. The topological polar surface area (TPSA) is 58.8 Å². The summed E-state index contributed by atoms with van der Waals surface area (Å²) < 4.78 is 5.27. The molecule has 0 aliphatic carbocycles. The van der Waals surface area contributed by atoms with Crippen LogP contribution in [-0.4, -0.2) is 56.0 Å². The maximum Gasteiger partial charge on any atom is 0.224 e. The predicted molar refractivity (Wildman–Crippen MR) is 78.6 cm³/mol. The van der Waals surface area contributed by atoms with E-state index in [2.05, 4.69) is 11.0 Å². The highest BCUT2D eigenvalue weighted by Crippen LogP contribution is 2.25. The average Bonchev–Trinajstić information content (AvgIpc) is 2.74. The molecule has 1 saturated heterocycles. The molecule has 5 nitrogen and oxygen atoms in total. The van der Waals surface area contributed by atoms with Crippen LogP contribution in [0.15, 0.2) is 24.3 Å². The van der Waals surface area contributed by atoms with Crippen molar-refractivity contribution in [3.63, 3.8) is 0 Å². The number of ether oxygens (including phenoxy) is 1. The van der Waals surface area contributed by atoms with E-state index < -0.39 is 0 Å². The van der Waals surface area contributed by atoms with Gasteiger partial charge in [-0.25, -0.2) is 0 Å². The number of amides is 1. The number of nitrogens with zero attached hydrogens (tertiary/aromatic N) is 2.